The van der Waals surface area contributed by atoms with E-state index < -0.39 is 6.36 Å². The van der Waals surface area contributed by atoms with Crippen molar-refractivity contribution in [2.75, 3.05) is 23.7 Å². The Bertz CT molecular complexity index is 957. The molecule has 172 valence electrons. The summed E-state index contributed by atoms with van der Waals surface area (Å²) in [7, 11) is 0. The third-order valence-corrected chi connectivity index (χ3v) is 5.07. The molecule has 3 rings (SSSR count). The lowest BCUT2D eigenvalue weighted by Gasteiger charge is -2.21. The Morgan fingerprint density at radius 1 is 1.03 bits per heavy atom. The van der Waals surface area contributed by atoms with E-state index in [1.807, 2.05) is 36.9 Å². The molecule has 1 fully saturated rings. The van der Waals surface area contributed by atoms with Crippen LogP contribution in [0.15, 0.2) is 42.5 Å². The summed E-state index contributed by atoms with van der Waals surface area (Å²) in [6.07, 6.45) is -2.63. The molecular formula is C23H26F3N3O3. The minimum absolute atomic E-state index is 0.133. The quantitative estimate of drug-likeness (QED) is 0.586. The third-order valence-electron chi connectivity index (χ3n) is 5.07. The van der Waals surface area contributed by atoms with Gasteiger partial charge in [0.25, 0.3) is 0 Å². The number of benzene rings is 2. The summed E-state index contributed by atoms with van der Waals surface area (Å²) in [5.41, 5.74) is 3.18. The second-order valence-corrected chi connectivity index (χ2v) is 7.94. The smallest absolute Gasteiger partial charge is 0.406 e. The second-order valence-electron chi connectivity index (χ2n) is 7.94. The van der Waals surface area contributed by atoms with Crippen molar-refractivity contribution in [1.29, 1.82) is 0 Å². The zero-order valence-electron chi connectivity index (χ0n) is 18.0. The maximum atomic E-state index is 12.5. The third kappa shape index (κ3) is 7.56. The van der Waals surface area contributed by atoms with E-state index >= 15 is 0 Å². The Balaban J connectivity index is 1.48. The lowest BCUT2D eigenvalue weighted by Crippen LogP contribution is -2.37. The predicted molar refractivity (Wildman–Crippen MR) is 116 cm³/mol. The molecule has 9 heteroatoms. The number of ether oxygens (including phenoxy) is 1. The molecule has 0 aromatic heterocycles. The van der Waals surface area contributed by atoms with Crippen molar-refractivity contribution in [3.05, 3.63) is 53.6 Å². The molecule has 0 spiro atoms. The molecule has 2 aromatic rings. The van der Waals surface area contributed by atoms with Crippen molar-refractivity contribution in [1.82, 2.24) is 4.90 Å². The van der Waals surface area contributed by atoms with E-state index in [9.17, 15) is 22.8 Å². The summed E-state index contributed by atoms with van der Waals surface area (Å²) in [5.74, 6) is -0.772. The van der Waals surface area contributed by atoms with Crippen molar-refractivity contribution < 1.29 is 27.5 Å². The highest BCUT2D eigenvalue weighted by Gasteiger charge is 2.31. The monoisotopic (exact) mass is 449 g/mol. The molecule has 2 amide bonds. The van der Waals surface area contributed by atoms with E-state index in [1.165, 1.54) is 12.1 Å². The van der Waals surface area contributed by atoms with Gasteiger partial charge in [0.2, 0.25) is 11.8 Å². The van der Waals surface area contributed by atoms with Crippen LogP contribution in [0.1, 0.15) is 30.4 Å². The Hall–Kier alpha value is -3.07. The van der Waals surface area contributed by atoms with Gasteiger partial charge in [-0.3, -0.25) is 14.5 Å². The zero-order valence-corrected chi connectivity index (χ0v) is 18.0. The van der Waals surface area contributed by atoms with Crippen LogP contribution in [0.5, 0.6) is 5.75 Å². The van der Waals surface area contributed by atoms with Crippen molar-refractivity contribution >= 4 is 23.2 Å². The number of alkyl halides is 3. The van der Waals surface area contributed by atoms with Gasteiger partial charge in [-0.1, -0.05) is 12.1 Å². The molecule has 0 heterocycles. The number of amides is 2. The average molecular weight is 449 g/mol. The highest BCUT2D eigenvalue weighted by molar-refractivity contribution is 5.93. The molecule has 1 aliphatic rings. The fourth-order valence-electron chi connectivity index (χ4n) is 3.28. The summed E-state index contributed by atoms with van der Waals surface area (Å²) < 4.78 is 40.5. The van der Waals surface area contributed by atoms with Crippen LogP contribution in [0, 0.1) is 13.8 Å². The standard InChI is InChI=1S/C23H26F3N3O3/c1-15-3-4-16(2)20(13-15)28-22(31)14-29(18-7-8-18)12-11-21(30)27-17-5-9-19(10-6-17)32-23(24,25)26/h3-6,9-10,13,18H,7-8,11-12,14H2,1-2H3,(H,27,30)(H,28,31). The molecule has 2 N–H and O–H groups in total. The van der Waals surface area contributed by atoms with Gasteiger partial charge in [0.05, 0.1) is 6.54 Å². The molecule has 0 atom stereocenters. The van der Waals surface area contributed by atoms with E-state index in [-0.39, 0.29) is 36.6 Å². The van der Waals surface area contributed by atoms with Gasteiger partial charge in [-0.2, -0.15) is 0 Å². The van der Waals surface area contributed by atoms with E-state index in [4.69, 9.17) is 0 Å². The first-order valence-electron chi connectivity index (χ1n) is 10.4. The summed E-state index contributed by atoms with van der Waals surface area (Å²) in [6.45, 7) is 4.49. The van der Waals surface area contributed by atoms with Gasteiger partial charge in [0.15, 0.2) is 0 Å². The lowest BCUT2D eigenvalue weighted by atomic mass is 10.1. The number of carbonyl (C=O) groups excluding carboxylic acids is 2. The fourth-order valence-corrected chi connectivity index (χ4v) is 3.28. The van der Waals surface area contributed by atoms with Gasteiger partial charge in [-0.25, -0.2) is 0 Å². The number of aryl methyl sites for hydroxylation is 2. The van der Waals surface area contributed by atoms with Crippen LogP contribution in [-0.4, -0.2) is 42.2 Å². The molecule has 32 heavy (non-hydrogen) atoms. The maximum Gasteiger partial charge on any atom is 0.573 e. The van der Waals surface area contributed by atoms with Gasteiger partial charge < -0.3 is 15.4 Å². The molecule has 6 nitrogen and oxygen atoms in total. The van der Waals surface area contributed by atoms with Gasteiger partial charge in [-0.15, -0.1) is 13.2 Å². The SMILES string of the molecule is Cc1ccc(C)c(NC(=O)CN(CCC(=O)Nc2ccc(OC(F)(F)F)cc2)C2CC2)c1. The zero-order chi connectivity index (χ0) is 23.3. The van der Waals surface area contributed by atoms with E-state index in [0.717, 1.165) is 41.8 Å². The number of nitrogens with one attached hydrogen (secondary N) is 2. The van der Waals surface area contributed by atoms with Gasteiger partial charge >= 0.3 is 6.36 Å². The number of halogens is 3. The fraction of sp³-hybridized carbons (Fsp3) is 0.391. The molecule has 1 aliphatic carbocycles. The summed E-state index contributed by atoms with van der Waals surface area (Å²) in [6, 6.07) is 11.1. The van der Waals surface area contributed by atoms with Crippen LogP contribution < -0.4 is 15.4 Å². The Labute approximate surface area is 184 Å². The normalized spacial score (nSPS) is 13.7. The number of rotatable bonds is 9. The lowest BCUT2D eigenvalue weighted by molar-refractivity contribution is -0.274. The summed E-state index contributed by atoms with van der Waals surface area (Å²) in [5, 5.41) is 5.59. The van der Waals surface area contributed by atoms with Crippen LogP contribution in [0.2, 0.25) is 0 Å². The van der Waals surface area contributed by atoms with Gasteiger partial charge in [0.1, 0.15) is 5.75 Å². The predicted octanol–water partition coefficient (Wildman–Crippen LogP) is 4.63. The molecule has 0 aliphatic heterocycles. The Kier molecular flexibility index (Phi) is 7.40. The van der Waals surface area contributed by atoms with E-state index in [0.29, 0.717) is 12.2 Å². The van der Waals surface area contributed by atoms with E-state index in [2.05, 4.69) is 15.4 Å². The molecule has 2 aromatic carbocycles. The average Bonchev–Trinajstić information content (AvgIpc) is 3.53. The topological polar surface area (TPSA) is 70.7 Å². The maximum absolute atomic E-state index is 12.5. The first kappa shape index (κ1) is 23.6. The number of nitrogens with zero attached hydrogens (tertiary/aromatic N) is 1. The minimum atomic E-state index is -4.76. The molecular weight excluding hydrogens is 423 g/mol. The largest absolute Gasteiger partial charge is 0.573 e. The van der Waals surface area contributed by atoms with Crippen molar-refractivity contribution in [3.63, 3.8) is 0 Å². The highest BCUT2D eigenvalue weighted by atomic mass is 19.4. The molecule has 1 saturated carbocycles. The number of anilines is 2. The van der Waals surface area contributed by atoms with E-state index in [1.54, 1.807) is 0 Å². The van der Waals surface area contributed by atoms with Crippen molar-refractivity contribution in [2.45, 2.75) is 45.5 Å². The van der Waals surface area contributed by atoms with Crippen molar-refractivity contribution in [2.24, 2.45) is 0 Å². The second kappa shape index (κ2) is 10.0. The number of carbonyl (C=O) groups is 2. The number of hydrogen-bond donors (Lipinski definition) is 2. The highest BCUT2D eigenvalue weighted by Crippen LogP contribution is 2.27. The molecule has 0 unspecified atom stereocenters. The Morgan fingerprint density at radius 3 is 2.34 bits per heavy atom. The van der Waals surface area contributed by atoms with Crippen molar-refractivity contribution in [3.8, 4) is 5.75 Å². The number of hydrogen-bond acceptors (Lipinski definition) is 4. The minimum Gasteiger partial charge on any atom is -0.406 e. The van der Waals surface area contributed by atoms with Crippen LogP contribution >= 0.6 is 0 Å². The summed E-state index contributed by atoms with van der Waals surface area (Å²) >= 11 is 0. The first-order chi connectivity index (χ1) is 15.1. The molecule has 0 bridgehead atoms. The summed E-state index contributed by atoms with van der Waals surface area (Å²) in [4.78, 5) is 26.8. The van der Waals surface area contributed by atoms with Crippen LogP contribution in [0.4, 0.5) is 24.5 Å². The van der Waals surface area contributed by atoms with Crippen LogP contribution in [0.25, 0.3) is 0 Å². The molecule has 0 radical (unpaired) electrons. The van der Waals surface area contributed by atoms with Gasteiger partial charge in [0, 0.05) is 30.4 Å². The molecule has 0 saturated heterocycles. The first-order valence-corrected chi connectivity index (χ1v) is 10.4. The van der Waals surface area contributed by atoms with Gasteiger partial charge in [-0.05, 0) is 68.1 Å². The Morgan fingerprint density at radius 2 is 1.72 bits per heavy atom. The van der Waals surface area contributed by atoms with Crippen LogP contribution in [-0.2, 0) is 9.59 Å². The van der Waals surface area contributed by atoms with Crippen LogP contribution in [0.3, 0.4) is 0 Å².